The fraction of sp³-hybridized carbons (Fsp3) is 0.583. The highest BCUT2D eigenvalue weighted by molar-refractivity contribution is 5.95. The molecule has 1 fully saturated rings. The van der Waals surface area contributed by atoms with Crippen LogP contribution in [0.3, 0.4) is 0 Å². The minimum atomic E-state index is 0.0146. The van der Waals surface area contributed by atoms with Crippen LogP contribution in [-0.4, -0.2) is 36.6 Å². The first-order valence-corrected chi connectivity index (χ1v) is 5.84. The van der Waals surface area contributed by atoms with E-state index in [2.05, 4.69) is 10.3 Å². The van der Waals surface area contributed by atoms with E-state index in [1.54, 1.807) is 12.3 Å². The second kappa shape index (κ2) is 5.82. The van der Waals surface area contributed by atoms with Crippen molar-refractivity contribution in [1.82, 2.24) is 10.3 Å². The molecule has 2 heterocycles. The Morgan fingerprint density at radius 2 is 2.44 bits per heavy atom. The molecule has 0 radical (unpaired) electrons. The summed E-state index contributed by atoms with van der Waals surface area (Å²) in [5.41, 5.74) is 0.622. The Kier molecular flexibility index (Phi) is 4.13. The van der Waals surface area contributed by atoms with E-state index >= 15 is 0 Å². The van der Waals surface area contributed by atoms with Gasteiger partial charge in [0, 0.05) is 12.2 Å². The minimum absolute atomic E-state index is 0.0146. The van der Waals surface area contributed by atoms with E-state index in [0.29, 0.717) is 18.3 Å². The van der Waals surface area contributed by atoms with E-state index in [-0.39, 0.29) is 12.4 Å². The van der Waals surface area contributed by atoms with Crippen molar-refractivity contribution >= 4 is 5.78 Å². The summed E-state index contributed by atoms with van der Waals surface area (Å²) < 4.78 is 5.43. The van der Waals surface area contributed by atoms with Gasteiger partial charge in [0.15, 0.2) is 0 Å². The molecule has 1 aliphatic heterocycles. The normalized spacial score (nSPS) is 20.9. The number of piperidine rings is 1. The van der Waals surface area contributed by atoms with Gasteiger partial charge in [-0.15, -0.1) is 0 Å². The Morgan fingerprint density at radius 3 is 3.12 bits per heavy atom. The van der Waals surface area contributed by atoms with Gasteiger partial charge in [-0.2, -0.15) is 0 Å². The van der Waals surface area contributed by atoms with Crippen LogP contribution < -0.4 is 5.32 Å². The molecule has 0 spiro atoms. The predicted octanol–water partition coefficient (Wildman–Crippen LogP) is 1.36. The number of ether oxygens (including phenoxy) is 1. The molecule has 4 nitrogen and oxygen atoms in total. The van der Waals surface area contributed by atoms with Crippen LogP contribution in [0.15, 0.2) is 18.3 Å². The molecular formula is C12H18N2O2. The fourth-order valence-electron chi connectivity index (χ4n) is 1.94. The van der Waals surface area contributed by atoms with Gasteiger partial charge in [0.1, 0.15) is 6.61 Å². The molecule has 88 valence electrons. The lowest BCUT2D eigenvalue weighted by atomic mass is 10.1. The Balaban J connectivity index is 1.66. The van der Waals surface area contributed by atoms with E-state index in [1.807, 2.05) is 6.07 Å². The molecule has 0 aliphatic carbocycles. The highest BCUT2D eigenvalue weighted by Gasteiger charge is 2.13. The van der Waals surface area contributed by atoms with E-state index in [4.69, 9.17) is 4.74 Å². The number of carbonyl (C=O) groups is 1. The van der Waals surface area contributed by atoms with Crippen molar-refractivity contribution in [3.63, 3.8) is 0 Å². The lowest BCUT2D eigenvalue weighted by molar-refractivity contribution is 0.0687. The summed E-state index contributed by atoms with van der Waals surface area (Å²) in [4.78, 5) is 14.5. The van der Waals surface area contributed by atoms with Crippen molar-refractivity contribution in [3.8, 4) is 0 Å². The molecule has 1 aliphatic rings. The van der Waals surface area contributed by atoms with Crippen molar-refractivity contribution in [1.29, 1.82) is 0 Å². The topological polar surface area (TPSA) is 54.1 Å². The predicted molar refractivity (Wildman–Crippen MR) is 61.6 cm³/mol. The number of hydrogen-bond acceptors (Lipinski definition) is 3. The summed E-state index contributed by atoms with van der Waals surface area (Å²) in [7, 11) is 0. The summed E-state index contributed by atoms with van der Waals surface area (Å²) in [5, 5.41) is 3.38. The Bertz CT molecular complexity index is 316. The van der Waals surface area contributed by atoms with E-state index < -0.39 is 0 Å². The van der Waals surface area contributed by atoms with Gasteiger partial charge in [0.25, 0.3) is 0 Å². The van der Waals surface area contributed by atoms with E-state index in [0.717, 1.165) is 13.0 Å². The molecule has 0 unspecified atom stereocenters. The SMILES string of the molecule is O=C(COC[C@H]1CCCCN1)c1ccc[nH]1. The average Bonchev–Trinajstić information content (AvgIpc) is 2.84. The van der Waals surface area contributed by atoms with Gasteiger partial charge in [0.2, 0.25) is 5.78 Å². The maximum atomic E-state index is 11.6. The summed E-state index contributed by atoms with van der Waals surface area (Å²) in [5.74, 6) is 0.0146. The van der Waals surface area contributed by atoms with Crippen molar-refractivity contribution in [3.05, 3.63) is 24.0 Å². The van der Waals surface area contributed by atoms with Crippen LogP contribution in [0.2, 0.25) is 0 Å². The zero-order valence-electron chi connectivity index (χ0n) is 9.37. The van der Waals surface area contributed by atoms with Gasteiger partial charge < -0.3 is 15.0 Å². The molecule has 1 aromatic rings. The summed E-state index contributed by atoms with van der Waals surface area (Å²) >= 11 is 0. The van der Waals surface area contributed by atoms with Crippen LogP contribution in [0.25, 0.3) is 0 Å². The summed E-state index contributed by atoms with van der Waals surface area (Å²) in [6.07, 6.45) is 5.40. The molecule has 2 rings (SSSR count). The van der Waals surface area contributed by atoms with Gasteiger partial charge >= 0.3 is 0 Å². The van der Waals surface area contributed by atoms with E-state index in [9.17, 15) is 4.79 Å². The third-order valence-electron chi connectivity index (χ3n) is 2.86. The first kappa shape index (κ1) is 11.4. The Hall–Kier alpha value is -1.13. The van der Waals surface area contributed by atoms with Crippen molar-refractivity contribution < 1.29 is 9.53 Å². The molecule has 2 N–H and O–H groups in total. The Morgan fingerprint density at radius 1 is 1.50 bits per heavy atom. The van der Waals surface area contributed by atoms with Crippen LogP contribution in [-0.2, 0) is 4.74 Å². The number of aromatic nitrogens is 1. The third kappa shape index (κ3) is 3.18. The highest BCUT2D eigenvalue weighted by atomic mass is 16.5. The standard InChI is InChI=1S/C12H18N2O2/c15-12(11-5-3-7-14-11)9-16-8-10-4-1-2-6-13-10/h3,5,7,10,13-14H,1-2,4,6,8-9H2/t10-/m1/s1. The maximum absolute atomic E-state index is 11.6. The number of nitrogens with one attached hydrogen (secondary N) is 2. The molecule has 16 heavy (non-hydrogen) atoms. The van der Waals surface area contributed by atoms with Gasteiger partial charge in [-0.05, 0) is 31.5 Å². The molecule has 1 saturated heterocycles. The molecule has 1 aromatic heterocycles. The molecule has 0 aromatic carbocycles. The lowest BCUT2D eigenvalue weighted by Crippen LogP contribution is -2.38. The van der Waals surface area contributed by atoms with Crippen LogP contribution in [0.1, 0.15) is 29.8 Å². The van der Waals surface area contributed by atoms with Gasteiger partial charge in [-0.25, -0.2) is 0 Å². The third-order valence-corrected chi connectivity index (χ3v) is 2.86. The zero-order valence-corrected chi connectivity index (χ0v) is 9.37. The second-order valence-corrected chi connectivity index (χ2v) is 4.17. The van der Waals surface area contributed by atoms with Crippen LogP contribution >= 0.6 is 0 Å². The number of hydrogen-bond donors (Lipinski definition) is 2. The van der Waals surface area contributed by atoms with Gasteiger partial charge in [-0.1, -0.05) is 6.42 Å². The molecule has 0 saturated carbocycles. The highest BCUT2D eigenvalue weighted by Crippen LogP contribution is 2.07. The first-order chi connectivity index (χ1) is 7.86. The van der Waals surface area contributed by atoms with Crippen molar-refractivity contribution in [2.45, 2.75) is 25.3 Å². The lowest BCUT2D eigenvalue weighted by Gasteiger charge is -2.22. The fourth-order valence-corrected chi connectivity index (χ4v) is 1.94. The van der Waals surface area contributed by atoms with Gasteiger partial charge in [-0.3, -0.25) is 4.79 Å². The molecule has 0 amide bonds. The van der Waals surface area contributed by atoms with Crippen molar-refractivity contribution in [2.24, 2.45) is 0 Å². The second-order valence-electron chi connectivity index (χ2n) is 4.17. The number of carbonyl (C=O) groups excluding carboxylic acids is 1. The van der Waals surface area contributed by atoms with Crippen LogP contribution in [0.4, 0.5) is 0 Å². The summed E-state index contributed by atoms with van der Waals surface area (Å²) in [6, 6.07) is 4.01. The molecule has 4 heteroatoms. The minimum Gasteiger partial charge on any atom is -0.372 e. The van der Waals surface area contributed by atoms with Crippen molar-refractivity contribution in [2.75, 3.05) is 19.8 Å². The number of H-pyrrole nitrogens is 1. The maximum Gasteiger partial charge on any atom is 0.204 e. The monoisotopic (exact) mass is 222 g/mol. The average molecular weight is 222 g/mol. The quantitative estimate of drug-likeness (QED) is 0.739. The first-order valence-electron chi connectivity index (χ1n) is 5.84. The number of Topliss-reactive ketones (excluding diaryl/α,β-unsaturated/α-hetero) is 1. The van der Waals surface area contributed by atoms with Crippen LogP contribution in [0.5, 0.6) is 0 Å². The molecule has 0 bridgehead atoms. The zero-order chi connectivity index (χ0) is 11.2. The largest absolute Gasteiger partial charge is 0.372 e. The molecular weight excluding hydrogens is 204 g/mol. The smallest absolute Gasteiger partial charge is 0.204 e. The Labute approximate surface area is 95.4 Å². The van der Waals surface area contributed by atoms with E-state index in [1.165, 1.54) is 12.8 Å². The number of ketones is 1. The number of aromatic amines is 1. The molecule has 1 atom stereocenters. The van der Waals surface area contributed by atoms with Crippen LogP contribution in [0, 0.1) is 0 Å². The summed E-state index contributed by atoms with van der Waals surface area (Å²) in [6.45, 7) is 1.86. The van der Waals surface area contributed by atoms with Gasteiger partial charge in [0.05, 0.1) is 12.3 Å². The number of rotatable bonds is 5.